The molecule has 0 aromatic carbocycles. The van der Waals surface area contributed by atoms with Crippen molar-refractivity contribution in [2.45, 2.75) is 16.4 Å². The zero-order valence-corrected chi connectivity index (χ0v) is 14.1. The first kappa shape index (κ1) is 17.4. The van der Waals surface area contributed by atoms with Crippen molar-refractivity contribution in [1.82, 2.24) is 5.43 Å². The summed E-state index contributed by atoms with van der Waals surface area (Å²) in [6.07, 6.45) is 1.07. The molecular formula is C6H11N2NaO3S4. The third kappa shape index (κ3) is 7.70. The van der Waals surface area contributed by atoms with E-state index in [1.165, 1.54) is 23.5 Å². The molecule has 0 radical (unpaired) electrons. The van der Waals surface area contributed by atoms with Crippen LogP contribution in [-0.4, -0.2) is 33.6 Å². The molecular weight excluding hydrogens is 299 g/mol. The molecule has 1 aliphatic rings. The normalized spacial score (nSPS) is 23.9. The first-order valence-electron chi connectivity index (χ1n) is 4.18. The number of unbranched alkanes of at least 4 members (excludes halogenated alkanes) is 1. The zero-order chi connectivity index (χ0) is 11.4. The van der Waals surface area contributed by atoms with Crippen LogP contribution in [0.3, 0.4) is 0 Å². The summed E-state index contributed by atoms with van der Waals surface area (Å²) in [6, 6.07) is 0. The van der Waals surface area contributed by atoms with Gasteiger partial charge >= 0.3 is 29.6 Å². The molecule has 88 valence electrons. The van der Waals surface area contributed by atoms with Crippen molar-refractivity contribution in [3.05, 3.63) is 0 Å². The van der Waals surface area contributed by atoms with Crippen molar-refractivity contribution in [2.75, 3.05) is 11.5 Å². The van der Waals surface area contributed by atoms with Crippen molar-refractivity contribution in [3.63, 3.8) is 0 Å². The van der Waals surface area contributed by atoms with Crippen molar-refractivity contribution in [1.29, 1.82) is 0 Å². The van der Waals surface area contributed by atoms with Crippen LogP contribution in [0.1, 0.15) is 12.8 Å². The Morgan fingerprint density at radius 2 is 2.25 bits per heavy atom. The summed E-state index contributed by atoms with van der Waals surface area (Å²) in [6.45, 7) is 0. The zero-order valence-electron chi connectivity index (χ0n) is 8.75. The Balaban J connectivity index is 0.00000225. The molecule has 0 aliphatic carbocycles. The van der Waals surface area contributed by atoms with E-state index in [4.69, 9.17) is 0 Å². The number of rotatable bonds is 6. The Bertz CT molecular complexity index is 327. The molecule has 0 bridgehead atoms. The molecule has 0 saturated heterocycles. The summed E-state index contributed by atoms with van der Waals surface area (Å²) < 4.78 is 30.5. The molecule has 0 aromatic rings. The fourth-order valence-electron chi connectivity index (χ4n) is 0.890. The molecule has 1 rings (SSSR count). The van der Waals surface area contributed by atoms with Gasteiger partial charge in [0.2, 0.25) is 0 Å². The maximum Gasteiger partial charge on any atom is 1.00 e. The smallest absolute Gasteiger partial charge is 0.748 e. The SMILES string of the molecule is O=S(=O)([O-])CCCCSC1(S)NN=CS1.[Na+]. The van der Waals surface area contributed by atoms with Crippen LogP contribution in [0.4, 0.5) is 0 Å². The third-order valence-electron chi connectivity index (χ3n) is 1.56. The Labute approximate surface area is 131 Å². The Morgan fingerprint density at radius 1 is 1.56 bits per heavy atom. The number of nitrogens with one attached hydrogen (secondary N) is 1. The topological polar surface area (TPSA) is 81.6 Å². The van der Waals surface area contributed by atoms with Gasteiger partial charge in [-0.25, -0.2) is 8.42 Å². The molecule has 0 spiro atoms. The van der Waals surface area contributed by atoms with Gasteiger partial charge in [0.05, 0.1) is 15.7 Å². The number of hydrogen-bond donors (Lipinski definition) is 2. The summed E-state index contributed by atoms with van der Waals surface area (Å²) in [7, 11) is -4.06. The maximum absolute atomic E-state index is 10.3. The van der Waals surface area contributed by atoms with E-state index in [1.807, 2.05) is 0 Å². The fourth-order valence-corrected chi connectivity index (χ4v) is 3.67. The van der Waals surface area contributed by atoms with Gasteiger partial charge in [0.25, 0.3) is 0 Å². The van der Waals surface area contributed by atoms with Gasteiger partial charge in [-0.2, -0.15) is 5.10 Å². The first-order chi connectivity index (χ1) is 6.91. The summed E-state index contributed by atoms with van der Waals surface area (Å²) in [4.78, 5) is 0. The minimum Gasteiger partial charge on any atom is -0.748 e. The van der Waals surface area contributed by atoms with Gasteiger partial charge in [-0.1, -0.05) is 11.8 Å². The molecule has 10 heteroatoms. The summed E-state index contributed by atoms with van der Waals surface area (Å²) in [5.41, 5.74) is 4.49. The number of hydrogen-bond acceptors (Lipinski definition) is 8. The summed E-state index contributed by atoms with van der Waals surface area (Å²) in [5.74, 6) is 0.451. The van der Waals surface area contributed by atoms with Gasteiger partial charge in [-0.3, -0.25) is 5.43 Å². The Morgan fingerprint density at radius 3 is 2.75 bits per heavy atom. The number of hydrazone groups is 1. The van der Waals surface area contributed by atoms with Crippen LogP contribution in [0.2, 0.25) is 0 Å². The molecule has 1 aliphatic heterocycles. The fraction of sp³-hybridized carbons (Fsp3) is 0.833. The number of thioether (sulfide) groups is 2. The predicted octanol–water partition coefficient (Wildman–Crippen LogP) is -2.13. The van der Waals surface area contributed by atoms with E-state index in [-0.39, 0.29) is 35.3 Å². The van der Waals surface area contributed by atoms with Gasteiger partial charge in [0.15, 0.2) is 3.54 Å². The van der Waals surface area contributed by atoms with Crippen molar-refractivity contribution >= 4 is 51.8 Å². The van der Waals surface area contributed by atoms with E-state index in [0.29, 0.717) is 12.8 Å². The van der Waals surface area contributed by atoms with Crippen molar-refractivity contribution in [3.8, 4) is 0 Å². The molecule has 1 unspecified atom stereocenters. The maximum atomic E-state index is 10.3. The summed E-state index contributed by atoms with van der Waals surface area (Å²) in [5, 5.41) is 3.82. The van der Waals surface area contributed by atoms with Gasteiger partial charge in [-0.05, 0) is 18.6 Å². The second-order valence-corrected chi connectivity index (χ2v) is 8.29. The quantitative estimate of drug-likeness (QED) is 0.192. The van der Waals surface area contributed by atoms with Gasteiger partial charge < -0.3 is 4.55 Å². The van der Waals surface area contributed by atoms with E-state index in [1.54, 1.807) is 5.55 Å². The molecule has 0 fully saturated rings. The monoisotopic (exact) mass is 310 g/mol. The molecule has 1 heterocycles. The van der Waals surface area contributed by atoms with Crippen LogP contribution in [0.25, 0.3) is 0 Å². The molecule has 1 atom stereocenters. The number of nitrogens with zero attached hydrogens (tertiary/aromatic N) is 1. The minimum absolute atomic E-state index is 0. The van der Waals surface area contributed by atoms with Crippen LogP contribution in [0, 0.1) is 0 Å². The minimum atomic E-state index is -4.06. The molecule has 0 aromatic heterocycles. The largest absolute Gasteiger partial charge is 1.00 e. The standard InChI is InChI=1S/C6H12N2O3S4.Na/c9-15(10,11)4-2-1-3-13-6(12)8-7-5-14-6;/h5,8,12H,1-4H2,(H,9,10,11);/q;+1/p-1. The van der Waals surface area contributed by atoms with E-state index in [2.05, 4.69) is 23.2 Å². The third-order valence-corrected chi connectivity index (χ3v) is 5.39. The second kappa shape index (κ2) is 7.78. The molecule has 0 saturated carbocycles. The van der Waals surface area contributed by atoms with Gasteiger partial charge in [0.1, 0.15) is 0 Å². The van der Waals surface area contributed by atoms with E-state index >= 15 is 0 Å². The van der Waals surface area contributed by atoms with E-state index < -0.39 is 13.7 Å². The predicted molar refractivity (Wildman–Crippen MR) is 67.2 cm³/mol. The van der Waals surface area contributed by atoms with Crippen LogP contribution in [0.15, 0.2) is 5.10 Å². The van der Waals surface area contributed by atoms with Gasteiger partial charge in [-0.15, -0.1) is 24.4 Å². The van der Waals surface area contributed by atoms with E-state index in [0.717, 1.165) is 5.75 Å². The summed E-state index contributed by atoms with van der Waals surface area (Å²) >= 11 is 7.33. The van der Waals surface area contributed by atoms with Crippen LogP contribution < -0.4 is 35.0 Å². The van der Waals surface area contributed by atoms with Crippen LogP contribution >= 0.6 is 36.2 Å². The Kier molecular flexibility index (Phi) is 8.47. The first-order valence-corrected chi connectivity index (χ1v) is 8.07. The molecule has 0 amide bonds. The second-order valence-electron chi connectivity index (χ2n) is 2.86. The van der Waals surface area contributed by atoms with Crippen molar-refractivity contribution in [2.24, 2.45) is 5.10 Å². The van der Waals surface area contributed by atoms with Crippen molar-refractivity contribution < 1.29 is 42.5 Å². The van der Waals surface area contributed by atoms with E-state index in [9.17, 15) is 13.0 Å². The molecule has 5 nitrogen and oxygen atoms in total. The average molecular weight is 310 g/mol. The molecule has 16 heavy (non-hydrogen) atoms. The number of thiol groups is 1. The van der Waals surface area contributed by atoms with Crippen LogP contribution in [-0.2, 0) is 10.1 Å². The van der Waals surface area contributed by atoms with Gasteiger partial charge in [0, 0.05) is 5.75 Å². The molecule has 1 N–H and O–H groups in total. The van der Waals surface area contributed by atoms with Crippen LogP contribution in [0.5, 0.6) is 0 Å². The average Bonchev–Trinajstić information content (AvgIpc) is 2.50. The Hall–Kier alpha value is 1.43.